The van der Waals surface area contributed by atoms with Crippen LogP contribution < -0.4 is 10.5 Å². The van der Waals surface area contributed by atoms with Crippen LogP contribution in [0.2, 0.25) is 0 Å². The number of hydrogen-bond donors (Lipinski definition) is 2. The first-order chi connectivity index (χ1) is 9.70. The zero-order valence-electron chi connectivity index (χ0n) is 12.5. The summed E-state index contributed by atoms with van der Waals surface area (Å²) in [7, 11) is 0. The lowest BCUT2D eigenvalue weighted by Crippen LogP contribution is -2.36. The minimum Gasteiger partial charge on any atom is -0.593 e. The van der Waals surface area contributed by atoms with Crippen molar-refractivity contribution in [2.75, 3.05) is 0 Å². The normalized spacial score (nSPS) is 13.4. The van der Waals surface area contributed by atoms with Crippen molar-refractivity contribution in [3.8, 4) is 0 Å². The molecule has 0 saturated heterocycles. The van der Waals surface area contributed by atoms with Crippen molar-refractivity contribution in [2.45, 2.75) is 38.4 Å². The molecule has 1 aromatic carbocycles. The number of halogens is 1. The molecule has 1 rings (SSSR count). The van der Waals surface area contributed by atoms with Crippen molar-refractivity contribution >= 4 is 33.2 Å². The number of nitrogens with one attached hydrogen (secondary N) is 1. The molecule has 0 spiro atoms. The topological polar surface area (TPSA) is 78.2 Å². The predicted molar refractivity (Wildman–Crippen MR) is 91.2 cm³/mol. The Morgan fingerprint density at radius 3 is 2.67 bits per heavy atom. The maximum Gasteiger partial charge on any atom is 0.248 e. The van der Waals surface area contributed by atoms with Gasteiger partial charge in [0, 0.05) is 16.2 Å². The molecule has 0 unspecified atom stereocenters. The van der Waals surface area contributed by atoms with Gasteiger partial charge in [0.15, 0.2) is 0 Å². The van der Waals surface area contributed by atoms with E-state index >= 15 is 0 Å². The van der Waals surface area contributed by atoms with Gasteiger partial charge in [0.2, 0.25) is 5.91 Å². The first kappa shape index (κ1) is 18.1. The third-order valence-corrected chi connectivity index (χ3v) is 4.61. The van der Waals surface area contributed by atoms with Crippen LogP contribution in [0.15, 0.2) is 34.9 Å². The molecule has 0 fully saturated rings. The highest BCUT2D eigenvalue weighted by Gasteiger charge is 2.25. The van der Waals surface area contributed by atoms with Crippen molar-refractivity contribution in [3.63, 3.8) is 0 Å². The molecule has 0 heterocycles. The average Bonchev–Trinajstić information content (AvgIpc) is 2.36. The van der Waals surface area contributed by atoms with Gasteiger partial charge in [-0.25, -0.2) is 4.72 Å². The molecule has 0 aliphatic rings. The Kier molecular flexibility index (Phi) is 6.77. The maximum atomic E-state index is 11.8. The molecular weight excluding hydrogens is 352 g/mol. The molecule has 6 heteroatoms. The highest BCUT2D eigenvalue weighted by atomic mass is 79.9. The van der Waals surface area contributed by atoms with Gasteiger partial charge < -0.3 is 10.3 Å². The van der Waals surface area contributed by atoms with E-state index in [1.807, 2.05) is 32.9 Å². The molecule has 0 aromatic heterocycles. The van der Waals surface area contributed by atoms with Gasteiger partial charge >= 0.3 is 0 Å². The van der Waals surface area contributed by atoms with Crippen molar-refractivity contribution in [3.05, 3.63) is 46.1 Å². The molecule has 1 aromatic rings. The van der Waals surface area contributed by atoms with E-state index < -0.39 is 17.3 Å². The van der Waals surface area contributed by atoms with Crippen LogP contribution in [0.3, 0.4) is 0 Å². The smallest absolute Gasteiger partial charge is 0.248 e. The second-order valence-electron chi connectivity index (χ2n) is 5.65. The number of amides is 1. The SMILES string of the molecule is CC(C)(C)[S@@+]([O-])NC=CCCc1cc(Br)cc(C(N)=O)c1. The summed E-state index contributed by atoms with van der Waals surface area (Å²) in [6, 6.07) is 5.46. The molecule has 1 atom stereocenters. The van der Waals surface area contributed by atoms with Crippen molar-refractivity contribution in [1.29, 1.82) is 0 Å². The summed E-state index contributed by atoms with van der Waals surface area (Å²) in [5.74, 6) is -0.435. The van der Waals surface area contributed by atoms with Crippen LogP contribution in [0.4, 0.5) is 0 Å². The lowest BCUT2D eigenvalue weighted by Gasteiger charge is -2.22. The van der Waals surface area contributed by atoms with Crippen LogP contribution in [-0.2, 0) is 17.8 Å². The number of carbonyl (C=O) groups is 1. The fraction of sp³-hybridized carbons (Fsp3) is 0.400. The summed E-state index contributed by atoms with van der Waals surface area (Å²) in [6.07, 6.45) is 5.20. The van der Waals surface area contributed by atoms with Gasteiger partial charge in [-0.05, 0) is 57.4 Å². The number of benzene rings is 1. The van der Waals surface area contributed by atoms with E-state index in [4.69, 9.17) is 5.73 Å². The van der Waals surface area contributed by atoms with Gasteiger partial charge in [0.05, 0.1) is 11.4 Å². The van der Waals surface area contributed by atoms with Crippen molar-refractivity contribution < 1.29 is 9.35 Å². The molecule has 0 aliphatic carbocycles. The molecule has 21 heavy (non-hydrogen) atoms. The number of aryl methyl sites for hydroxylation is 1. The van der Waals surface area contributed by atoms with Gasteiger partial charge in [-0.1, -0.05) is 22.0 Å². The Morgan fingerprint density at radius 1 is 1.43 bits per heavy atom. The predicted octanol–water partition coefficient (Wildman–Crippen LogP) is 3.05. The summed E-state index contributed by atoms with van der Waals surface area (Å²) < 4.78 is 15.2. The number of carbonyl (C=O) groups excluding carboxylic acids is 1. The molecular formula is C15H21BrN2O2S. The molecule has 3 N–H and O–H groups in total. The van der Waals surface area contributed by atoms with Gasteiger partial charge in [-0.3, -0.25) is 4.79 Å². The van der Waals surface area contributed by atoms with Crippen LogP contribution in [-0.4, -0.2) is 15.2 Å². The van der Waals surface area contributed by atoms with E-state index in [-0.39, 0.29) is 4.75 Å². The van der Waals surface area contributed by atoms with Crippen LogP contribution in [0.1, 0.15) is 43.1 Å². The van der Waals surface area contributed by atoms with E-state index in [0.29, 0.717) is 5.56 Å². The zero-order valence-corrected chi connectivity index (χ0v) is 14.9. The second-order valence-corrected chi connectivity index (χ2v) is 8.57. The average molecular weight is 373 g/mol. The van der Waals surface area contributed by atoms with E-state index in [9.17, 15) is 9.35 Å². The molecule has 0 saturated carbocycles. The van der Waals surface area contributed by atoms with Crippen molar-refractivity contribution in [2.24, 2.45) is 5.73 Å². The Labute approximate surface area is 137 Å². The minimum absolute atomic E-state index is 0.287. The highest BCUT2D eigenvalue weighted by molar-refractivity contribution is 9.10. The Hall–Kier alpha value is -0.980. The monoisotopic (exact) mass is 372 g/mol. The zero-order chi connectivity index (χ0) is 16.0. The summed E-state index contributed by atoms with van der Waals surface area (Å²) in [4.78, 5) is 11.2. The third kappa shape index (κ3) is 6.54. The fourth-order valence-electron chi connectivity index (χ4n) is 1.56. The van der Waals surface area contributed by atoms with Crippen LogP contribution in [0, 0.1) is 0 Å². The number of allylic oxidation sites excluding steroid dienone is 1. The van der Waals surface area contributed by atoms with Crippen molar-refractivity contribution in [1.82, 2.24) is 4.72 Å². The number of hydrogen-bond acceptors (Lipinski definition) is 3. The number of rotatable bonds is 6. The summed E-state index contributed by atoms with van der Waals surface area (Å²) in [5.41, 5.74) is 6.81. The summed E-state index contributed by atoms with van der Waals surface area (Å²) >= 11 is 2.26. The van der Waals surface area contributed by atoms with Gasteiger partial charge in [0.1, 0.15) is 4.75 Å². The van der Waals surface area contributed by atoms with E-state index in [1.54, 1.807) is 18.3 Å². The first-order valence-corrected chi connectivity index (χ1v) is 8.57. The minimum atomic E-state index is -1.10. The molecule has 0 aliphatic heterocycles. The largest absolute Gasteiger partial charge is 0.593 e. The highest BCUT2D eigenvalue weighted by Crippen LogP contribution is 2.17. The maximum absolute atomic E-state index is 11.8. The van der Waals surface area contributed by atoms with Gasteiger partial charge in [-0.15, -0.1) is 0 Å². The number of primary amides is 1. The lowest BCUT2D eigenvalue weighted by molar-refractivity contribution is 0.1000. The van der Waals surface area contributed by atoms with Gasteiger partial charge in [-0.2, -0.15) is 0 Å². The lowest BCUT2D eigenvalue weighted by atomic mass is 10.1. The fourth-order valence-corrected chi connectivity index (χ4v) is 2.67. The molecule has 116 valence electrons. The van der Waals surface area contributed by atoms with Crippen LogP contribution in [0.5, 0.6) is 0 Å². The Bertz CT molecular complexity index is 527. The number of nitrogens with two attached hydrogens (primary N) is 1. The Morgan fingerprint density at radius 2 is 2.10 bits per heavy atom. The van der Waals surface area contributed by atoms with Gasteiger partial charge in [0.25, 0.3) is 0 Å². The summed E-state index contributed by atoms with van der Waals surface area (Å²) in [5, 5.41) is 0. The molecule has 1 amide bonds. The quantitative estimate of drug-likeness (QED) is 0.753. The summed E-state index contributed by atoms with van der Waals surface area (Å²) in [6.45, 7) is 5.74. The molecule has 0 radical (unpaired) electrons. The Balaban J connectivity index is 2.51. The standard InChI is InChI=1S/C15H21BrN2O2S/c1-15(2,3)21(20)18-7-5-4-6-11-8-12(14(17)19)10-13(16)9-11/h5,7-10,18H,4,6H2,1-3H3,(H2,17,19)/t21-/m1/s1. The molecule has 4 nitrogen and oxygen atoms in total. The first-order valence-electron chi connectivity index (χ1n) is 6.62. The van der Waals surface area contributed by atoms with E-state index in [2.05, 4.69) is 20.7 Å². The molecule has 0 bridgehead atoms. The van der Waals surface area contributed by atoms with Crippen LogP contribution >= 0.6 is 15.9 Å². The van der Waals surface area contributed by atoms with E-state index in [1.165, 1.54) is 0 Å². The third-order valence-electron chi connectivity index (χ3n) is 2.69. The van der Waals surface area contributed by atoms with Crippen LogP contribution in [0.25, 0.3) is 0 Å². The second kappa shape index (κ2) is 7.87. The van der Waals surface area contributed by atoms with E-state index in [0.717, 1.165) is 22.9 Å².